The van der Waals surface area contributed by atoms with Crippen LogP contribution in [0.25, 0.3) is 0 Å². The number of ether oxygens (including phenoxy) is 1. The van der Waals surface area contributed by atoms with Gasteiger partial charge in [0.05, 0.1) is 12.3 Å². The summed E-state index contributed by atoms with van der Waals surface area (Å²) in [6.45, 7) is 5.43. The predicted octanol–water partition coefficient (Wildman–Crippen LogP) is 1.37. The van der Waals surface area contributed by atoms with Crippen molar-refractivity contribution in [1.82, 2.24) is 19.8 Å². The molecule has 3 heterocycles. The van der Waals surface area contributed by atoms with Gasteiger partial charge in [0.15, 0.2) is 0 Å². The Bertz CT molecular complexity index is 636. The molecule has 2 aliphatic heterocycles. The van der Waals surface area contributed by atoms with Gasteiger partial charge in [-0.25, -0.2) is 9.97 Å². The van der Waals surface area contributed by atoms with Crippen molar-refractivity contribution in [3.05, 3.63) is 18.1 Å². The van der Waals surface area contributed by atoms with Crippen LogP contribution in [0, 0.1) is 11.8 Å². The molecule has 3 aliphatic rings. The molecule has 1 saturated carbocycles. The van der Waals surface area contributed by atoms with E-state index in [1.165, 1.54) is 12.8 Å². The van der Waals surface area contributed by atoms with Crippen molar-refractivity contribution in [3.8, 4) is 0 Å². The molecule has 26 heavy (non-hydrogen) atoms. The second kappa shape index (κ2) is 7.88. The first kappa shape index (κ1) is 17.7. The Morgan fingerprint density at radius 2 is 2.15 bits per heavy atom. The summed E-state index contributed by atoms with van der Waals surface area (Å²) in [7, 11) is 1.68. The number of methoxy groups -OCH3 is 1. The van der Waals surface area contributed by atoms with Gasteiger partial charge in [-0.1, -0.05) is 0 Å². The number of hydrogen-bond donors (Lipinski definition) is 1. The molecule has 1 amide bonds. The van der Waals surface area contributed by atoms with Crippen LogP contribution < -0.4 is 5.32 Å². The van der Waals surface area contributed by atoms with Crippen LogP contribution in [0.5, 0.6) is 0 Å². The molecule has 7 nitrogen and oxygen atoms in total. The van der Waals surface area contributed by atoms with E-state index < -0.39 is 0 Å². The molecule has 1 N–H and O–H groups in total. The van der Waals surface area contributed by atoms with Crippen molar-refractivity contribution >= 4 is 11.7 Å². The fraction of sp³-hybridized carbons (Fsp3) is 0.737. The van der Waals surface area contributed by atoms with Crippen molar-refractivity contribution in [1.29, 1.82) is 0 Å². The lowest BCUT2D eigenvalue weighted by Crippen LogP contribution is -2.35. The van der Waals surface area contributed by atoms with Crippen LogP contribution in [0.4, 0.5) is 5.82 Å². The van der Waals surface area contributed by atoms with Gasteiger partial charge in [-0.3, -0.25) is 9.69 Å². The van der Waals surface area contributed by atoms with Crippen LogP contribution in [0.2, 0.25) is 0 Å². The van der Waals surface area contributed by atoms with E-state index in [9.17, 15) is 4.79 Å². The van der Waals surface area contributed by atoms with Crippen LogP contribution in [-0.4, -0.2) is 71.6 Å². The number of aromatic nitrogens is 2. The van der Waals surface area contributed by atoms with Crippen molar-refractivity contribution in [2.45, 2.75) is 38.3 Å². The summed E-state index contributed by atoms with van der Waals surface area (Å²) in [4.78, 5) is 25.0. The van der Waals surface area contributed by atoms with Gasteiger partial charge in [0.2, 0.25) is 5.91 Å². The van der Waals surface area contributed by atoms with E-state index in [-0.39, 0.29) is 0 Å². The fourth-order valence-electron chi connectivity index (χ4n) is 4.35. The fourth-order valence-corrected chi connectivity index (χ4v) is 4.35. The minimum Gasteiger partial charge on any atom is -0.378 e. The summed E-state index contributed by atoms with van der Waals surface area (Å²) < 4.78 is 5.17. The van der Waals surface area contributed by atoms with Crippen LogP contribution in [-0.2, 0) is 16.1 Å². The topological polar surface area (TPSA) is 70.6 Å². The van der Waals surface area contributed by atoms with Crippen LogP contribution in [0.1, 0.15) is 31.4 Å². The highest BCUT2D eigenvalue weighted by atomic mass is 16.5. The monoisotopic (exact) mass is 359 g/mol. The smallest absolute Gasteiger partial charge is 0.222 e. The largest absolute Gasteiger partial charge is 0.378 e. The second-order valence-electron chi connectivity index (χ2n) is 7.82. The molecule has 3 fully saturated rings. The van der Waals surface area contributed by atoms with E-state index in [0.717, 1.165) is 63.0 Å². The molecule has 1 aromatic rings. The third kappa shape index (κ3) is 4.15. The average molecular weight is 359 g/mol. The molecule has 142 valence electrons. The van der Waals surface area contributed by atoms with Crippen molar-refractivity contribution in [2.24, 2.45) is 11.8 Å². The lowest BCUT2D eigenvalue weighted by Gasteiger charge is -2.21. The molecule has 0 unspecified atom stereocenters. The summed E-state index contributed by atoms with van der Waals surface area (Å²) in [5.41, 5.74) is 0.898. The van der Waals surface area contributed by atoms with E-state index in [0.29, 0.717) is 24.5 Å². The molecule has 0 radical (unpaired) electrons. The Balaban J connectivity index is 1.35. The maximum Gasteiger partial charge on any atom is 0.222 e. The van der Waals surface area contributed by atoms with Crippen LogP contribution in [0.3, 0.4) is 0 Å². The highest BCUT2D eigenvalue weighted by Gasteiger charge is 2.42. The van der Waals surface area contributed by atoms with Crippen molar-refractivity contribution in [2.75, 3.05) is 45.2 Å². The first-order chi connectivity index (χ1) is 12.7. The number of nitrogens with zero attached hydrogens (tertiary/aromatic N) is 4. The van der Waals surface area contributed by atoms with E-state index in [4.69, 9.17) is 4.74 Å². The zero-order chi connectivity index (χ0) is 17.9. The van der Waals surface area contributed by atoms with Crippen LogP contribution >= 0.6 is 0 Å². The zero-order valence-corrected chi connectivity index (χ0v) is 15.6. The number of carbonyl (C=O) groups is 1. The lowest BCUT2D eigenvalue weighted by molar-refractivity contribution is -0.127. The number of rotatable bonds is 8. The van der Waals surface area contributed by atoms with Crippen molar-refractivity contribution in [3.63, 3.8) is 0 Å². The standard InChI is InChI=1S/C19H29N5O2/c1-26-12-15-9-18(21-13-20-15)22-17-11-23(10-16(17)14-4-5-14)7-8-24-6-2-3-19(24)25/h9,13-14,16-17H,2-8,10-12H2,1H3,(H,20,21,22)/t16-,17+/m0/s1. The van der Waals surface area contributed by atoms with Crippen LogP contribution in [0.15, 0.2) is 12.4 Å². The Morgan fingerprint density at radius 1 is 1.27 bits per heavy atom. The van der Waals surface area contributed by atoms with E-state index in [2.05, 4.69) is 20.2 Å². The first-order valence-electron chi connectivity index (χ1n) is 9.79. The molecule has 1 aromatic heterocycles. The SMILES string of the molecule is COCc1cc(N[C@@H]2CN(CCN3CCCC3=O)C[C@H]2C2CC2)ncn1. The summed E-state index contributed by atoms with van der Waals surface area (Å²) in [5, 5.41) is 3.65. The van der Waals surface area contributed by atoms with Gasteiger partial charge in [-0.2, -0.15) is 0 Å². The third-order valence-electron chi connectivity index (χ3n) is 5.87. The number of nitrogens with one attached hydrogen (secondary N) is 1. The Kier molecular flexibility index (Phi) is 5.36. The summed E-state index contributed by atoms with van der Waals surface area (Å²) in [6.07, 6.45) is 6.05. The number of amides is 1. The maximum atomic E-state index is 11.8. The Hall–Kier alpha value is -1.73. The Morgan fingerprint density at radius 3 is 2.88 bits per heavy atom. The van der Waals surface area contributed by atoms with Gasteiger partial charge < -0.3 is 15.0 Å². The summed E-state index contributed by atoms with van der Waals surface area (Å²) >= 11 is 0. The zero-order valence-electron chi connectivity index (χ0n) is 15.6. The molecule has 1 aliphatic carbocycles. The van der Waals surface area contributed by atoms with Gasteiger partial charge in [0.25, 0.3) is 0 Å². The lowest BCUT2D eigenvalue weighted by atomic mass is 9.98. The van der Waals surface area contributed by atoms with E-state index in [1.807, 2.05) is 11.0 Å². The number of hydrogen-bond acceptors (Lipinski definition) is 6. The van der Waals surface area contributed by atoms with E-state index in [1.54, 1.807) is 13.4 Å². The predicted molar refractivity (Wildman–Crippen MR) is 98.6 cm³/mol. The normalized spacial score (nSPS) is 26.7. The quantitative estimate of drug-likeness (QED) is 0.756. The minimum atomic E-state index is 0.323. The van der Waals surface area contributed by atoms with Gasteiger partial charge in [0.1, 0.15) is 12.1 Å². The number of carbonyl (C=O) groups excluding carboxylic acids is 1. The van der Waals surface area contributed by atoms with Gasteiger partial charge >= 0.3 is 0 Å². The van der Waals surface area contributed by atoms with Gasteiger partial charge in [-0.05, 0) is 31.1 Å². The average Bonchev–Trinajstić information content (AvgIpc) is 3.28. The summed E-state index contributed by atoms with van der Waals surface area (Å²) in [6, 6.07) is 2.40. The number of anilines is 1. The Labute approximate surface area is 155 Å². The molecule has 0 bridgehead atoms. The third-order valence-corrected chi connectivity index (χ3v) is 5.87. The highest BCUT2D eigenvalue weighted by Crippen LogP contribution is 2.42. The second-order valence-corrected chi connectivity index (χ2v) is 7.82. The van der Waals surface area contributed by atoms with Crippen molar-refractivity contribution < 1.29 is 9.53 Å². The minimum absolute atomic E-state index is 0.323. The molecule has 2 saturated heterocycles. The van der Waals surface area contributed by atoms with E-state index >= 15 is 0 Å². The van der Waals surface area contributed by atoms with Gasteiger partial charge in [-0.15, -0.1) is 0 Å². The first-order valence-corrected chi connectivity index (χ1v) is 9.79. The molecule has 0 aromatic carbocycles. The maximum absolute atomic E-state index is 11.8. The summed E-state index contributed by atoms with van der Waals surface area (Å²) in [5.74, 6) is 2.72. The molecule has 0 spiro atoms. The highest BCUT2D eigenvalue weighted by molar-refractivity contribution is 5.78. The number of likely N-dealkylation sites (tertiary alicyclic amines) is 2. The molecule has 2 atom stereocenters. The molecule has 4 rings (SSSR count). The molecule has 7 heteroatoms. The van der Waals surface area contributed by atoms with Gasteiger partial charge in [0, 0.05) is 58.4 Å². The molecular weight excluding hydrogens is 330 g/mol. The molecular formula is C19H29N5O2.